The second-order valence-corrected chi connectivity index (χ2v) is 3.25. The van der Waals surface area contributed by atoms with E-state index in [0.29, 0.717) is 6.54 Å². The van der Waals surface area contributed by atoms with Gasteiger partial charge in [0.1, 0.15) is 0 Å². The van der Waals surface area contributed by atoms with Crippen molar-refractivity contribution >= 4 is 6.09 Å². The van der Waals surface area contributed by atoms with Crippen LogP contribution in [0.25, 0.3) is 0 Å². The van der Waals surface area contributed by atoms with Crippen molar-refractivity contribution in [2.75, 3.05) is 6.54 Å². The van der Waals surface area contributed by atoms with E-state index in [1.54, 1.807) is 0 Å². The van der Waals surface area contributed by atoms with Crippen molar-refractivity contribution in [2.24, 2.45) is 0 Å². The molecule has 0 radical (unpaired) electrons. The minimum absolute atomic E-state index is 0.520. The van der Waals surface area contributed by atoms with Gasteiger partial charge in [-0.3, -0.25) is 4.89 Å². The highest BCUT2D eigenvalue weighted by atomic mass is 17.1. The van der Waals surface area contributed by atoms with Crippen molar-refractivity contribution in [3.63, 3.8) is 0 Å². The lowest BCUT2D eigenvalue weighted by Gasteiger charge is -2.02. The van der Waals surface area contributed by atoms with Crippen LogP contribution in [0.4, 0.5) is 4.79 Å². The van der Waals surface area contributed by atoms with Gasteiger partial charge in [-0.25, -0.2) is 4.79 Å². The monoisotopic (exact) mass is 209 g/mol. The first-order valence-electron chi connectivity index (χ1n) is 4.96. The van der Waals surface area contributed by atoms with Gasteiger partial charge in [0, 0.05) is 6.54 Å². The smallest absolute Gasteiger partial charge is 0.319 e. The number of carbonyl (C=O) groups is 1. The van der Waals surface area contributed by atoms with Gasteiger partial charge in [-0.1, -0.05) is 30.3 Å². The van der Waals surface area contributed by atoms with Gasteiger partial charge in [-0.05, 0) is 24.8 Å². The summed E-state index contributed by atoms with van der Waals surface area (Å²) in [7, 11) is 0. The molecule has 0 heterocycles. The van der Waals surface area contributed by atoms with Crippen LogP contribution in [-0.2, 0) is 11.3 Å². The molecule has 4 heteroatoms. The summed E-state index contributed by atoms with van der Waals surface area (Å²) in [5.41, 5.74) is 1.29. The van der Waals surface area contributed by atoms with Crippen LogP contribution in [0, 0.1) is 0 Å². The minimum atomic E-state index is -0.797. The Hall–Kier alpha value is -1.55. The molecule has 4 nitrogen and oxygen atoms in total. The van der Waals surface area contributed by atoms with Gasteiger partial charge in [0.2, 0.25) is 0 Å². The highest BCUT2D eigenvalue weighted by Crippen LogP contribution is 2.03. The third-order valence-corrected chi connectivity index (χ3v) is 2.09. The number of amides is 1. The van der Waals surface area contributed by atoms with E-state index >= 15 is 0 Å². The molecule has 0 bridgehead atoms. The second kappa shape index (κ2) is 6.84. The van der Waals surface area contributed by atoms with Crippen molar-refractivity contribution < 1.29 is 14.9 Å². The molecule has 0 aliphatic heterocycles. The first kappa shape index (κ1) is 11.5. The zero-order valence-electron chi connectivity index (χ0n) is 8.48. The Morgan fingerprint density at radius 2 is 2.00 bits per heavy atom. The lowest BCUT2D eigenvalue weighted by atomic mass is 10.1. The molecule has 0 aliphatic rings. The zero-order valence-corrected chi connectivity index (χ0v) is 8.48. The van der Waals surface area contributed by atoms with Gasteiger partial charge in [-0.2, -0.15) is 5.26 Å². The molecule has 0 atom stereocenters. The maximum atomic E-state index is 10.5. The van der Waals surface area contributed by atoms with Crippen molar-refractivity contribution in [2.45, 2.75) is 19.3 Å². The van der Waals surface area contributed by atoms with Gasteiger partial charge in [-0.15, -0.1) is 0 Å². The van der Waals surface area contributed by atoms with Crippen LogP contribution in [0.2, 0.25) is 0 Å². The maximum absolute atomic E-state index is 10.5. The molecule has 1 aromatic rings. The van der Waals surface area contributed by atoms with Gasteiger partial charge < -0.3 is 5.32 Å². The van der Waals surface area contributed by atoms with Gasteiger partial charge in [0.05, 0.1) is 0 Å². The third-order valence-electron chi connectivity index (χ3n) is 2.09. The Bertz CT molecular complexity index is 287. The van der Waals surface area contributed by atoms with E-state index in [4.69, 9.17) is 5.26 Å². The van der Waals surface area contributed by atoms with Crippen LogP contribution < -0.4 is 5.32 Å². The van der Waals surface area contributed by atoms with E-state index in [9.17, 15) is 4.79 Å². The van der Waals surface area contributed by atoms with E-state index in [0.717, 1.165) is 19.3 Å². The lowest BCUT2D eigenvalue weighted by Crippen LogP contribution is -2.24. The van der Waals surface area contributed by atoms with Gasteiger partial charge in [0.15, 0.2) is 0 Å². The predicted octanol–water partition coefficient (Wildman–Crippen LogP) is 2.21. The molecule has 15 heavy (non-hydrogen) atoms. The summed E-state index contributed by atoms with van der Waals surface area (Å²) < 4.78 is 0. The molecule has 0 aromatic heterocycles. The number of unbranched alkanes of at least 4 members (excludes halogenated alkanes) is 1. The SMILES string of the molecule is O=C(NCCCCc1ccccc1)OO. The van der Waals surface area contributed by atoms with Crippen molar-refractivity contribution in [3.8, 4) is 0 Å². The minimum Gasteiger partial charge on any atom is -0.319 e. The topological polar surface area (TPSA) is 58.6 Å². The fourth-order valence-electron chi connectivity index (χ4n) is 1.32. The molecule has 0 fully saturated rings. The highest BCUT2D eigenvalue weighted by Gasteiger charge is 1.98. The van der Waals surface area contributed by atoms with E-state index in [1.807, 2.05) is 18.2 Å². The Morgan fingerprint density at radius 1 is 1.27 bits per heavy atom. The standard InChI is InChI=1S/C11H15NO3/c13-11(15-14)12-9-5-4-8-10-6-2-1-3-7-10/h1-3,6-7,14H,4-5,8-9H2,(H,12,13). The number of carbonyl (C=O) groups excluding carboxylic acids is 1. The highest BCUT2D eigenvalue weighted by molar-refractivity contribution is 5.66. The van der Waals surface area contributed by atoms with Crippen molar-refractivity contribution in [3.05, 3.63) is 35.9 Å². The first-order chi connectivity index (χ1) is 7.33. The fourth-order valence-corrected chi connectivity index (χ4v) is 1.32. The lowest BCUT2D eigenvalue weighted by molar-refractivity contribution is -0.177. The summed E-state index contributed by atoms with van der Waals surface area (Å²) in [5.74, 6) is 0. The van der Waals surface area contributed by atoms with Crippen molar-refractivity contribution in [1.82, 2.24) is 5.32 Å². The fraction of sp³-hybridized carbons (Fsp3) is 0.364. The quantitative estimate of drug-likeness (QED) is 0.444. The number of aryl methyl sites for hydroxylation is 1. The Kier molecular flexibility index (Phi) is 5.25. The average molecular weight is 209 g/mol. The molecular weight excluding hydrogens is 194 g/mol. The predicted molar refractivity (Wildman–Crippen MR) is 56.5 cm³/mol. The number of hydrogen-bond donors (Lipinski definition) is 2. The molecule has 0 aliphatic carbocycles. The Labute approximate surface area is 88.8 Å². The van der Waals surface area contributed by atoms with E-state index in [2.05, 4.69) is 22.3 Å². The average Bonchev–Trinajstić information content (AvgIpc) is 2.29. The summed E-state index contributed by atoms with van der Waals surface area (Å²) in [5, 5.41) is 10.4. The van der Waals surface area contributed by atoms with E-state index in [1.165, 1.54) is 5.56 Å². The van der Waals surface area contributed by atoms with Crippen molar-refractivity contribution in [1.29, 1.82) is 0 Å². The number of benzene rings is 1. The summed E-state index contributed by atoms with van der Waals surface area (Å²) >= 11 is 0. The van der Waals surface area contributed by atoms with Crippen LogP contribution in [-0.4, -0.2) is 17.9 Å². The summed E-state index contributed by atoms with van der Waals surface area (Å²) in [6.45, 7) is 0.520. The van der Waals surface area contributed by atoms with Gasteiger partial charge >= 0.3 is 6.09 Å². The van der Waals surface area contributed by atoms with Crippen LogP contribution in [0.1, 0.15) is 18.4 Å². The van der Waals surface area contributed by atoms with Crippen LogP contribution in [0.5, 0.6) is 0 Å². The second-order valence-electron chi connectivity index (χ2n) is 3.25. The molecule has 1 aromatic carbocycles. The largest absolute Gasteiger partial charge is 0.438 e. The number of hydrogen-bond acceptors (Lipinski definition) is 3. The maximum Gasteiger partial charge on any atom is 0.438 e. The Balaban J connectivity index is 2.05. The number of nitrogens with one attached hydrogen (secondary N) is 1. The van der Waals surface area contributed by atoms with E-state index < -0.39 is 6.09 Å². The van der Waals surface area contributed by atoms with Crippen LogP contribution >= 0.6 is 0 Å². The molecule has 2 N–H and O–H groups in total. The summed E-state index contributed by atoms with van der Waals surface area (Å²) in [6.07, 6.45) is 2.06. The summed E-state index contributed by atoms with van der Waals surface area (Å²) in [4.78, 5) is 13.9. The van der Waals surface area contributed by atoms with E-state index in [-0.39, 0.29) is 0 Å². The number of rotatable bonds is 5. The normalized spacial score (nSPS) is 9.67. The first-order valence-corrected chi connectivity index (χ1v) is 4.96. The molecule has 1 amide bonds. The molecule has 0 saturated carbocycles. The zero-order chi connectivity index (χ0) is 10.9. The third kappa shape index (κ3) is 5.02. The molecule has 0 unspecified atom stereocenters. The van der Waals surface area contributed by atoms with Crippen LogP contribution in [0.3, 0.4) is 0 Å². The van der Waals surface area contributed by atoms with Crippen LogP contribution in [0.15, 0.2) is 30.3 Å². The molecular formula is C11H15NO3. The van der Waals surface area contributed by atoms with Gasteiger partial charge in [0.25, 0.3) is 0 Å². The molecule has 1 rings (SSSR count). The Morgan fingerprint density at radius 3 is 2.67 bits per heavy atom. The summed E-state index contributed by atoms with van der Waals surface area (Å²) in [6, 6.07) is 10.2. The molecule has 0 spiro atoms. The molecule has 82 valence electrons. The molecule has 0 saturated heterocycles.